The van der Waals surface area contributed by atoms with E-state index in [-0.39, 0.29) is 5.91 Å². The van der Waals surface area contributed by atoms with Crippen LogP contribution in [0.2, 0.25) is 0 Å². The Balaban J connectivity index is 1.64. The molecule has 25 heavy (non-hydrogen) atoms. The normalized spacial score (nSPS) is 17.8. The Hall–Kier alpha value is -1.86. The van der Waals surface area contributed by atoms with E-state index in [0.29, 0.717) is 6.04 Å². The van der Waals surface area contributed by atoms with Gasteiger partial charge in [0.15, 0.2) is 0 Å². The highest BCUT2D eigenvalue weighted by Gasteiger charge is 2.27. The Bertz CT molecular complexity index is 753. The number of rotatable bonds is 5. The fourth-order valence-electron chi connectivity index (χ4n) is 3.20. The largest absolute Gasteiger partial charge is 0.378 e. The van der Waals surface area contributed by atoms with Crippen LogP contribution < -0.4 is 10.2 Å². The minimum absolute atomic E-state index is 0.0638. The van der Waals surface area contributed by atoms with Crippen molar-refractivity contribution in [3.8, 4) is 0 Å². The van der Waals surface area contributed by atoms with Crippen molar-refractivity contribution in [2.45, 2.75) is 39.2 Å². The van der Waals surface area contributed by atoms with Gasteiger partial charge in [0.05, 0.1) is 28.8 Å². The Morgan fingerprint density at radius 1 is 1.40 bits per heavy atom. The van der Waals surface area contributed by atoms with E-state index in [9.17, 15) is 4.79 Å². The number of nitrogens with one attached hydrogen (secondary N) is 2. The molecule has 134 valence electrons. The van der Waals surface area contributed by atoms with Crippen molar-refractivity contribution in [1.29, 1.82) is 0 Å². The quantitative estimate of drug-likeness (QED) is 0.859. The molecule has 1 amide bonds. The molecular formula is C18H24N4O2S. The number of nitrogens with zero attached hydrogens (tertiary/aromatic N) is 2. The molecule has 2 aromatic heterocycles. The third-order valence-corrected chi connectivity index (χ3v) is 6.11. The molecule has 0 spiro atoms. The van der Waals surface area contributed by atoms with Gasteiger partial charge in [-0.25, -0.2) is 0 Å². The van der Waals surface area contributed by atoms with Gasteiger partial charge in [-0.2, -0.15) is 5.10 Å². The molecule has 0 aromatic carbocycles. The minimum Gasteiger partial charge on any atom is -0.378 e. The molecule has 2 aliphatic rings. The van der Waals surface area contributed by atoms with Crippen LogP contribution in [0.25, 0.3) is 0 Å². The highest BCUT2D eigenvalue weighted by atomic mass is 32.1. The molecule has 1 saturated heterocycles. The number of carbonyl (C=O) groups excluding carboxylic acids is 1. The third-order valence-electron chi connectivity index (χ3n) is 4.87. The van der Waals surface area contributed by atoms with E-state index in [1.54, 1.807) is 11.3 Å². The lowest BCUT2D eigenvalue weighted by atomic mass is 10.0. The molecule has 0 bridgehead atoms. The van der Waals surface area contributed by atoms with Crippen LogP contribution in [0.15, 0.2) is 6.07 Å². The van der Waals surface area contributed by atoms with E-state index < -0.39 is 0 Å². The number of aromatic nitrogens is 2. The number of ether oxygens (including phenoxy) is 1. The molecule has 1 saturated carbocycles. The lowest BCUT2D eigenvalue weighted by Gasteiger charge is -2.28. The summed E-state index contributed by atoms with van der Waals surface area (Å²) >= 11 is 1.61. The number of aromatic amines is 1. The first kappa shape index (κ1) is 16.6. The summed E-state index contributed by atoms with van der Waals surface area (Å²) in [6.07, 6.45) is 3.01. The molecule has 0 radical (unpaired) electrons. The van der Waals surface area contributed by atoms with Crippen molar-refractivity contribution in [2.24, 2.45) is 0 Å². The highest BCUT2D eigenvalue weighted by Crippen LogP contribution is 2.35. The first-order valence-corrected chi connectivity index (χ1v) is 9.70. The second-order valence-corrected chi connectivity index (χ2v) is 7.91. The SMILES string of the molecule is Cc1n[nH]c(C)c1Cc1cc(C(=O)NC2CC2)sc1N1CCOCC1. The lowest BCUT2D eigenvalue weighted by molar-refractivity contribution is 0.0955. The number of carbonyl (C=O) groups is 1. The van der Waals surface area contributed by atoms with E-state index >= 15 is 0 Å². The number of hydrogen-bond acceptors (Lipinski definition) is 5. The smallest absolute Gasteiger partial charge is 0.261 e. The fourth-order valence-corrected chi connectivity index (χ4v) is 4.34. The van der Waals surface area contributed by atoms with Gasteiger partial charge >= 0.3 is 0 Å². The fraction of sp³-hybridized carbons (Fsp3) is 0.556. The molecule has 0 unspecified atom stereocenters. The molecule has 2 aromatic rings. The Morgan fingerprint density at radius 3 is 2.80 bits per heavy atom. The summed E-state index contributed by atoms with van der Waals surface area (Å²) in [6.45, 7) is 7.31. The summed E-state index contributed by atoms with van der Waals surface area (Å²) in [6, 6.07) is 2.45. The zero-order valence-electron chi connectivity index (χ0n) is 14.7. The van der Waals surface area contributed by atoms with Gasteiger partial charge in [0.1, 0.15) is 0 Å². The molecule has 6 nitrogen and oxygen atoms in total. The Labute approximate surface area is 151 Å². The average Bonchev–Trinajstić information content (AvgIpc) is 3.24. The van der Waals surface area contributed by atoms with E-state index in [0.717, 1.165) is 61.8 Å². The molecule has 1 aliphatic carbocycles. The van der Waals surface area contributed by atoms with Crippen molar-refractivity contribution < 1.29 is 9.53 Å². The molecule has 4 rings (SSSR count). The van der Waals surface area contributed by atoms with Crippen molar-refractivity contribution in [1.82, 2.24) is 15.5 Å². The third kappa shape index (κ3) is 3.57. The van der Waals surface area contributed by atoms with E-state index in [4.69, 9.17) is 4.74 Å². The van der Waals surface area contributed by atoms with Gasteiger partial charge in [0, 0.05) is 36.8 Å². The summed E-state index contributed by atoms with van der Waals surface area (Å²) in [4.78, 5) is 15.7. The molecule has 2 fully saturated rings. The number of thiophene rings is 1. The molecule has 0 atom stereocenters. The zero-order valence-corrected chi connectivity index (χ0v) is 15.5. The van der Waals surface area contributed by atoms with Crippen LogP contribution in [0, 0.1) is 13.8 Å². The number of morpholine rings is 1. The number of anilines is 1. The predicted molar refractivity (Wildman–Crippen MR) is 98.7 cm³/mol. The molecule has 7 heteroatoms. The van der Waals surface area contributed by atoms with Gasteiger partial charge in [-0.1, -0.05) is 0 Å². The van der Waals surface area contributed by atoms with Crippen molar-refractivity contribution in [3.05, 3.63) is 33.5 Å². The summed E-state index contributed by atoms with van der Waals surface area (Å²) in [5, 5.41) is 11.7. The van der Waals surface area contributed by atoms with Crippen LogP contribution in [0.3, 0.4) is 0 Å². The summed E-state index contributed by atoms with van der Waals surface area (Å²) in [7, 11) is 0. The number of hydrogen-bond donors (Lipinski definition) is 2. The van der Waals surface area contributed by atoms with E-state index in [2.05, 4.69) is 33.4 Å². The van der Waals surface area contributed by atoms with Gasteiger partial charge in [0.2, 0.25) is 0 Å². The number of aryl methyl sites for hydroxylation is 2. The maximum atomic E-state index is 12.5. The summed E-state index contributed by atoms with van der Waals surface area (Å²) < 4.78 is 5.49. The van der Waals surface area contributed by atoms with Gasteiger partial charge in [0.25, 0.3) is 5.91 Å². The van der Waals surface area contributed by atoms with Gasteiger partial charge in [-0.3, -0.25) is 9.89 Å². The van der Waals surface area contributed by atoms with Crippen LogP contribution in [-0.2, 0) is 11.2 Å². The molecule has 2 N–H and O–H groups in total. The predicted octanol–water partition coefficient (Wildman–Crippen LogP) is 2.41. The van der Waals surface area contributed by atoms with Crippen LogP contribution in [-0.4, -0.2) is 48.4 Å². The standard InChI is InChI=1S/C18H24N4O2S/c1-11-15(12(2)21-20-11)9-13-10-16(17(23)19-14-3-4-14)25-18(13)22-5-7-24-8-6-22/h10,14H,3-9H2,1-2H3,(H,19,23)(H,20,21). The summed E-state index contributed by atoms with van der Waals surface area (Å²) in [5.74, 6) is 0.0638. The second-order valence-electron chi connectivity index (χ2n) is 6.88. The van der Waals surface area contributed by atoms with Gasteiger partial charge in [-0.15, -0.1) is 11.3 Å². The maximum absolute atomic E-state index is 12.5. The monoisotopic (exact) mass is 360 g/mol. The number of H-pyrrole nitrogens is 1. The van der Waals surface area contributed by atoms with Crippen LogP contribution in [0.5, 0.6) is 0 Å². The molecular weight excluding hydrogens is 336 g/mol. The van der Waals surface area contributed by atoms with Crippen molar-refractivity contribution in [3.63, 3.8) is 0 Å². The molecule has 1 aliphatic heterocycles. The Kier molecular flexibility index (Phi) is 4.52. The van der Waals surface area contributed by atoms with E-state index in [1.807, 2.05) is 6.92 Å². The average molecular weight is 360 g/mol. The minimum atomic E-state index is 0.0638. The van der Waals surface area contributed by atoms with Crippen molar-refractivity contribution in [2.75, 3.05) is 31.2 Å². The Morgan fingerprint density at radius 2 is 2.16 bits per heavy atom. The number of amides is 1. The van der Waals surface area contributed by atoms with Crippen LogP contribution in [0.1, 0.15) is 45.0 Å². The topological polar surface area (TPSA) is 70.2 Å². The maximum Gasteiger partial charge on any atom is 0.261 e. The van der Waals surface area contributed by atoms with Crippen LogP contribution in [0.4, 0.5) is 5.00 Å². The van der Waals surface area contributed by atoms with Gasteiger partial charge < -0.3 is 15.0 Å². The zero-order chi connectivity index (χ0) is 17.4. The lowest BCUT2D eigenvalue weighted by Crippen LogP contribution is -2.36. The molecule has 3 heterocycles. The van der Waals surface area contributed by atoms with Crippen molar-refractivity contribution >= 4 is 22.2 Å². The van der Waals surface area contributed by atoms with Crippen LogP contribution >= 0.6 is 11.3 Å². The van der Waals surface area contributed by atoms with Gasteiger partial charge in [-0.05, 0) is 38.3 Å². The second kappa shape index (κ2) is 6.80. The first-order chi connectivity index (χ1) is 12.1. The highest BCUT2D eigenvalue weighted by molar-refractivity contribution is 7.18. The van der Waals surface area contributed by atoms with E-state index in [1.165, 1.54) is 16.1 Å². The summed E-state index contributed by atoms with van der Waals surface area (Å²) in [5.41, 5.74) is 4.56. The first-order valence-electron chi connectivity index (χ1n) is 8.88.